The molecule has 5 heteroatoms. The lowest BCUT2D eigenvalue weighted by molar-refractivity contribution is 0.0374. The summed E-state index contributed by atoms with van der Waals surface area (Å²) in [7, 11) is 1.63. The van der Waals surface area contributed by atoms with E-state index >= 15 is 0 Å². The molecule has 140 valence electrons. The van der Waals surface area contributed by atoms with E-state index in [0.29, 0.717) is 17.1 Å². The van der Waals surface area contributed by atoms with Crippen LogP contribution < -0.4 is 9.47 Å². The third-order valence-corrected chi connectivity index (χ3v) is 4.63. The number of aryl methyl sites for hydroxylation is 1. The van der Waals surface area contributed by atoms with E-state index in [0.717, 1.165) is 51.3 Å². The van der Waals surface area contributed by atoms with Crippen LogP contribution in [0.2, 0.25) is 0 Å². The standard InChI is InChI=1S/C21H26FNO3/c1-24-20-10-4-7-17(8-5-11-23-12-14-25-15-13-23)21(20)26-16-18-6-2-3-9-19(18)22/h2-4,6-7,9-10H,5,8,11-16H2,1H3. The van der Waals surface area contributed by atoms with Crippen molar-refractivity contribution in [1.82, 2.24) is 4.90 Å². The van der Waals surface area contributed by atoms with Crippen molar-refractivity contribution in [2.24, 2.45) is 0 Å². The lowest BCUT2D eigenvalue weighted by Crippen LogP contribution is -2.36. The van der Waals surface area contributed by atoms with Gasteiger partial charge in [0, 0.05) is 18.7 Å². The van der Waals surface area contributed by atoms with Crippen molar-refractivity contribution in [2.45, 2.75) is 19.4 Å². The van der Waals surface area contributed by atoms with Crippen LogP contribution in [-0.4, -0.2) is 44.9 Å². The van der Waals surface area contributed by atoms with E-state index in [9.17, 15) is 4.39 Å². The second-order valence-electron chi connectivity index (χ2n) is 6.39. The quantitative estimate of drug-likeness (QED) is 0.719. The minimum atomic E-state index is -0.253. The molecule has 26 heavy (non-hydrogen) atoms. The fourth-order valence-electron chi connectivity index (χ4n) is 3.17. The zero-order valence-electron chi connectivity index (χ0n) is 15.2. The van der Waals surface area contributed by atoms with Crippen LogP contribution in [-0.2, 0) is 17.8 Å². The Morgan fingerprint density at radius 3 is 2.58 bits per heavy atom. The monoisotopic (exact) mass is 359 g/mol. The number of para-hydroxylation sites is 1. The summed E-state index contributed by atoms with van der Waals surface area (Å²) in [5, 5.41) is 0. The third kappa shape index (κ3) is 4.96. The van der Waals surface area contributed by atoms with Gasteiger partial charge in [-0.15, -0.1) is 0 Å². The number of hydrogen-bond acceptors (Lipinski definition) is 4. The highest BCUT2D eigenvalue weighted by atomic mass is 19.1. The van der Waals surface area contributed by atoms with Crippen molar-refractivity contribution in [3.8, 4) is 11.5 Å². The Kier molecular flexibility index (Phi) is 6.86. The summed E-state index contributed by atoms with van der Waals surface area (Å²) in [4.78, 5) is 2.42. The Hall–Kier alpha value is -2.11. The first-order chi connectivity index (χ1) is 12.8. The highest BCUT2D eigenvalue weighted by molar-refractivity contribution is 5.46. The first-order valence-corrected chi connectivity index (χ1v) is 9.10. The molecule has 2 aromatic carbocycles. The molecule has 0 aromatic heterocycles. The maximum Gasteiger partial charge on any atom is 0.164 e. The Labute approximate surface area is 154 Å². The van der Waals surface area contributed by atoms with Crippen molar-refractivity contribution in [1.29, 1.82) is 0 Å². The molecule has 1 saturated heterocycles. The molecule has 1 aliphatic heterocycles. The van der Waals surface area contributed by atoms with Crippen LogP contribution in [0, 0.1) is 5.82 Å². The van der Waals surface area contributed by atoms with Gasteiger partial charge in [0.1, 0.15) is 12.4 Å². The van der Waals surface area contributed by atoms with E-state index in [1.807, 2.05) is 18.2 Å². The van der Waals surface area contributed by atoms with Gasteiger partial charge < -0.3 is 14.2 Å². The summed E-state index contributed by atoms with van der Waals surface area (Å²) in [5.41, 5.74) is 1.63. The van der Waals surface area contributed by atoms with Gasteiger partial charge in [0.2, 0.25) is 0 Å². The number of benzene rings is 2. The van der Waals surface area contributed by atoms with E-state index in [-0.39, 0.29) is 12.4 Å². The van der Waals surface area contributed by atoms with Crippen LogP contribution in [0.1, 0.15) is 17.5 Å². The molecular weight excluding hydrogens is 333 g/mol. The molecule has 1 heterocycles. The molecule has 2 aromatic rings. The second kappa shape index (κ2) is 9.55. The van der Waals surface area contributed by atoms with Crippen LogP contribution in [0.3, 0.4) is 0 Å². The average molecular weight is 359 g/mol. The maximum atomic E-state index is 13.9. The molecule has 4 nitrogen and oxygen atoms in total. The third-order valence-electron chi connectivity index (χ3n) is 4.63. The van der Waals surface area contributed by atoms with E-state index in [2.05, 4.69) is 11.0 Å². The summed E-state index contributed by atoms with van der Waals surface area (Å²) in [5.74, 6) is 1.14. The number of hydrogen-bond donors (Lipinski definition) is 0. The molecule has 0 spiro atoms. The maximum absolute atomic E-state index is 13.9. The van der Waals surface area contributed by atoms with E-state index in [1.165, 1.54) is 6.07 Å². The smallest absolute Gasteiger partial charge is 0.164 e. The van der Waals surface area contributed by atoms with Crippen LogP contribution in [0.5, 0.6) is 11.5 Å². The van der Waals surface area contributed by atoms with Crippen LogP contribution in [0.4, 0.5) is 4.39 Å². The van der Waals surface area contributed by atoms with Gasteiger partial charge in [-0.25, -0.2) is 4.39 Å². The summed E-state index contributed by atoms with van der Waals surface area (Å²) in [6, 6.07) is 12.6. The fourth-order valence-corrected chi connectivity index (χ4v) is 3.17. The zero-order valence-corrected chi connectivity index (χ0v) is 15.2. The van der Waals surface area contributed by atoms with Crippen molar-refractivity contribution < 1.29 is 18.6 Å². The Morgan fingerprint density at radius 2 is 1.81 bits per heavy atom. The Balaban J connectivity index is 1.64. The van der Waals surface area contributed by atoms with Gasteiger partial charge in [-0.05, 0) is 37.1 Å². The summed E-state index contributed by atoms with van der Waals surface area (Å²) < 4.78 is 30.7. The topological polar surface area (TPSA) is 30.9 Å². The summed E-state index contributed by atoms with van der Waals surface area (Å²) in [6.07, 6.45) is 1.92. The molecule has 0 N–H and O–H groups in total. The number of ether oxygens (including phenoxy) is 3. The second-order valence-corrected chi connectivity index (χ2v) is 6.39. The molecule has 0 saturated carbocycles. The normalized spacial score (nSPS) is 15.0. The summed E-state index contributed by atoms with van der Waals surface area (Å²) in [6.45, 7) is 4.84. The Morgan fingerprint density at radius 1 is 1.04 bits per heavy atom. The molecule has 0 bridgehead atoms. The molecule has 0 radical (unpaired) electrons. The van der Waals surface area contributed by atoms with Gasteiger partial charge in [0.15, 0.2) is 11.5 Å². The van der Waals surface area contributed by atoms with Crippen molar-refractivity contribution in [2.75, 3.05) is 40.0 Å². The lowest BCUT2D eigenvalue weighted by atomic mass is 10.1. The number of nitrogens with zero attached hydrogens (tertiary/aromatic N) is 1. The van der Waals surface area contributed by atoms with Crippen LogP contribution in [0.15, 0.2) is 42.5 Å². The number of rotatable bonds is 8. The van der Waals surface area contributed by atoms with Gasteiger partial charge in [-0.1, -0.05) is 30.3 Å². The molecular formula is C21H26FNO3. The number of morpholine rings is 1. The first kappa shape index (κ1) is 18.7. The predicted molar refractivity (Wildman–Crippen MR) is 99.3 cm³/mol. The SMILES string of the molecule is COc1cccc(CCCN2CCOCC2)c1OCc1ccccc1F. The average Bonchev–Trinajstić information content (AvgIpc) is 2.68. The highest BCUT2D eigenvalue weighted by Gasteiger charge is 2.14. The van der Waals surface area contributed by atoms with E-state index < -0.39 is 0 Å². The van der Waals surface area contributed by atoms with E-state index in [1.54, 1.807) is 19.2 Å². The highest BCUT2D eigenvalue weighted by Crippen LogP contribution is 2.32. The minimum absolute atomic E-state index is 0.184. The van der Waals surface area contributed by atoms with Gasteiger partial charge in [-0.2, -0.15) is 0 Å². The molecule has 0 atom stereocenters. The fraction of sp³-hybridized carbons (Fsp3) is 0.429. The van der Waals surface area contributed by atoms with Crippen molar-refractivity contribution >= 4 is 0 Å². The van der Waals surface area contributed by atoms with Gasteiger partial charge in [0.05, 0.1) is 20.3 Å². The largest absolute Gasteiger partial charge is 0.493 e. The summed E-state index contributed by atoms with van der Waals surface area (Å²) >= 11 is 0. The predicted octanol–water partition coefficient (Wildman–Crippen LogP) is 3.68. The van der Waals surface area contributed by atoms with Gasteiger partial charge >= 0.3 is 0 Å². The van der Waals surface area contributed by atoms with Crippen molar-refractivity contribution in [3.63, 3.8) is 0 Å². The minimum Gasteiger partial charge on any atom is -0.493 e. The number of halogens is 1. The van der Waals surface area contributed by atoms with Gasteiger partial charge in [-0.3, -0.25) is 4.90 Å². The lowest BCUT2D eigenvalue weighted by Gasteiger charge is -2.26. The molecule has 0 unspecified atom stereocenters. The molecule has 0 amide bonds. The molecule has 1 aliphatic rings. The van der Waals surface area contributed by atoms with Crippen LogP contribution in [0.25, 0.3) is 0 Å². The van der Waals surface area contributed by atoms with E-state index in [4.69, 9.17) is 14.2 Å². The molecule has 3 rings (SSSR count). The number of methoxy groups -OCH3 is 1. The van der Waals surface area contributed by atoms with Crippen LogP contribution >= 0.6 is 0 Å². The molecule has 0 aliphatic carbocycles. The van der Waals surface area contributed by atoms with Crippen molar-refractivity contribution in [3.05, 3.63) is 59.4 Å². The van der Waals surface area contributed by atoms with Gasteiger partial charge in [0.25, 0.3) is 0 Å². The zero-order chi connectivity index (χ0) is 18.2. The Bertz CT molecular complexity index is 701. The first-order valence-electron chi connectivity index (χ1n) is 9.10. The molecule has 1 fully saturated rings.